The minimum Gasteiger partial charge on any atom is -0.396 e. The highest BCUT2D eigenvalue weighted by atomic mass is 16.3. The van der Waals surface area contributed by atoms with Gasteiger partial charge in [-0.05, 0) is 45.1 Å². The summed E-state index contributed by atoms with van der Waals surface area (Å²) in [4.78, 5) is 2.42. The van der Waals surface area contributed by atoms with E-state index in [1.165, 1.54) is 12.0 Å². The van der Waals surface area contributed by atoms with Gasteiger partial charge in [-0.15, -0.1) is 0 Å². The number of aliphatic hydroxyl groups excluding tert-OH is 1. The average molecular weight is 239 g/mol. The third kappa shape index (κ3) is 2.90. The van der Waals surface area contributed by atoms with Crippen LogP contribution >= 0.6 is 0 Å². The van der Waals surface area contributed by atoms with Crippen molar-refractivity contribution in [2.45, 2.75) is 51.2 Å². The maximum absolute atomic E-state index is 10.5. The van der Waals surface area contributed by atoms with Crippen LogP contribution in [-0.4, -0.2) is 46.5 Å². The standard InChI is InChI=1S/C14H25NO2/c1-11(5-7-16)8-12-9-14(2,17)13-4-3-6-15(13)10-12/h8,11,13,16-17H,3-7,9-10H2,1-2H3/b12-8-/t11-,13-,14-/m0/s1. The first-order valence-electron chi connectivity index (χ1n) is 6.80. The molecule has 2 rings (SSSR count). The monoisotopic (exact) mass is 239 g/mol. The number of piperidine rings is 1. The van der Waals surface area contributed by atoms with E-state index in [-0.39, 0.29) is 6.61 Å². The fourth-order valence-electron chi connectivity index (χ4n) is 3.41. The van der Waals surface area contributed by atoms with E-state index in [2.05, 4.69) is 17.9 Å². The maximum atomic E-state index is 10.5. The summed E-state index contributed by atoms with van der Waals surface area (Å²) in [6.45, 7) is 6.48. The molecule has 0 bridgehead atoms. The second kappa shape index (κ2) is 5.09. The van der Waals surface area contributed by atoms with Crippen molar-refractivity contribution < 1.29 is 10.2 Å². The van der Waals surface area contributed by atoms with Crippen LogP contribution in [0.15, 0.2) is 11.6 Å². The highest BCUT2D eigenvalue weighted by Gasteiger charge is 2.43. The van der Waals surface area contributed by atoms with E-state index in [0.29, 0.717) is 12.0 Å². The second-order valence-electron chi connectivity index (χ2n) is 5.98. The molecule has 98 valence electrons. The van der Waals surface area contributed by atoms with E-state index in [9.17, 15) is 5.11 Å². The fraction of sp³-hybridized carbons (Fsp3) is 0.857. The van der Waals surface area contributed by atoms with Gasteiger partial charge >= 0.3 is 0 Å². The average Bonchev–Trinajstić information content (AvgIpc) is 2.65. The van der Waals surface area contributed by atoms with E-state index < -0.39 is 5.60 Å². The molecule has 0 unspecified atom stereocenters. The Morgan fingerprint density at radius 1 is 1.59 bits per heavy atom. The van der Waals surface area contributed by atoms with Crippen LogP contribution in [0.5, 0.6) is 0 Å². The molecule has 2 aliphatic rings. The highest BCUT2D eigenvalue weighted by molar-refractivity contribution is 5.17. The lowest BCUT2D eigenvalue weighted by Crippen LogP contribution is -2.52. The molecule has 0 aromatic heterocycles. The molecule has 0 spiro atoms. The minimum atomic E-state index is -0.570. The van der Waals surface area contributed by atoms with E-state index in [0.717, 1.165) is 32.4 Å². The first kappa shape index (κ1) is 13.1. The lowest BCUT2D eigenvalue weighted by atomic mass is 9.82. The summed E-state index contributed by atoms with van der Waals surface area (Å²) in [5, 5.41) is 19.5. The zero-order chi connectivity index (χ0) is 12.5. The molecule has 3 atom stereocenters. The van der Waals surface area contributed by atoms with Gasteiger partial charge in [0.05, 0.1) is 5.60 Å². The van der Waals surface area contributed by atoms with Crippen LogP contribution in [0.25, 0.3) is 0 Å². The molecule has 0 saturated carbocycles. The molecule has 0 radical (unpaired) electrons. The smallest absolute Gasteiger partial charge is 0.0811 e. The zero-order valence-electron chi connectivity index (χ0n) is 11.0. The van der Waals surface area contributed by atoms with E-state index in [4.69, 9.17) is 5.11 Å². The third-order valence-corrected chi connectivity index (χ3v) is 4.18. The summed E-state index contributed by atoms with van der Waals surface area (Å²) in [5.41, 5.74) is 0.772. The SMILES string of the molecule is C[C@H](/C=C1\CN2CCC[C@H]2[C@@](C)(O)C1)CCO. The molecule has 0 aliphatic carbocycles. The van der Waals surface area contributed by atoms with Gasteiger partial charge in [0, 0.05) is 19.2 Å². The van der Waals surface area contributed by atoms with Crippen molar-refractivity contribution in [3.63, 3.8) is 0 Å². The molecular weight excluding hydrogens is 214 g/mol. The summed E-state index contributed by atoms with van der Waals surface area (Å²) < 4.78 is 0. The van der Waals surface area contributed by atoms with E-state index in [1.54, 1.807) is 0 Å². The largest absolute Gasteiger partial charge is 0.396 e. The number of fused-ring (bicyclic) bond motifs is 1. The van der Waals surface area contributed by atoms with Gasteiger partial charge in [0.25, 0.3) is 0 Å². The van der Waals surface area contributed by atoms with Crippen molar-refractivity contribution >= 4 is 0 Å². The van der Waals surface area contributed by atoms with Crippen LogP contribution in [0.2, 0.25) is 0 Å². The van der Waals surface area contributed by atoms with Gasteiger partial charge in [0.2, 0.25) is 0 Å². The molecule has 2 saturated heterocycles. The summed E-state index contributed by atoms with van der Waals surface area (Å²) in [5.74, 6) is 0.407. The molecule has 0 amide bonds. The van der Waals surface area contributed by atoms with Crippen molar-refractivity contribution in [3.05, 3.63) is 11.6 Å². The van der Waals surface area contributed by atoms with Crippen LogP contribution in [0.3, 0.4) is 0 Å². The molecule has 2 fully saturated rings. The van der Waals surface area contributed by atoms with Crippen molar-refractivity contribution in [2.24, 2.45) is 5.92 Å². The van der Waals surface area contributed by atoms with Crippen molar-refractivity contribution in [2.75, 3.05) is 19.7 Å². The lowest BCUT2D eigenvalue weighted by Gasteiger charge is -2.43. The Labute approximate surface area is 104 Å². The number of rotatable bonds is 3. The summed E-state index contributed by atoms with van der Waals surface area (Å²) in [6.07, 6.45) is 6.20. The molecule has 2 aliphatic heterocycles. The molecular formula is C14H25NO2. The number of nitrogens with zero attached hydrogens (tertiary/aromatic N) is 1. The van der Waals surface area contributed by atoms with Gasteiger partial charge in [-0.25, -0.2) is 0 Å². The predicted molar refractivity (Wildman–Crippen MR) is 68.8 cm³/mol. The Balaban J connectivity index is 2.06. The van der Waals surface area contributed by atoms with E-state index in [1.807, 2.05) is 6.92 Å². The number of hydrogen-bond acceptors (Lipinski definition) is 3. The Morgan fingerprint density at radius 2 is 2.35 bits per heavy atom. The van der Waals surface area contributed by atoms with Gasteiger partial charge in [0.15, 0.2) is 0 Å². The first-order valence-corrected chi connectivity index (χ1v) is 6.80. The third-order valence-electron chi connectivity index (χ3n) is 4.18. The normalized spacial score (nSPS) is 38.4. The van der Waals surface area contributed by atoms with Gasteiger partial charge in [-0.3, -0.25) is 4.90 Å². The summed E-state index contributed by atoms with van der Waals surface area (Å²) in [6, 6.07) is 0.354. The Morgan fingerprint density at radius 3 is 3.06 bits per heavy atom. The van der Waals surface area contributed by atoms with Crippen LogP contribution < -0.4 is 0 Å². The molecule has 3 heteroatoms. The van der Waals surface area contributed by atoms with Gasteiger partial charge < -0.3 is 10.2 Å². The topological polar surface area (TPSA) is 43.7 Å². The van der Waals surface area contributed by atoms with E-state index >= 15 is 0 Å². The van der Waals surface area contributed by atoms with Crippen molar-refractivity contribution in [3.8, 4) is 0 Å². The Kier molecular flexibility index (Phi) is 3.91. The lowest BCUT2D eigenvalue weighted by molar-refractivity contribution is -0.0330. The van der Waals surface area contributed by atoms with Crippen LogP contribution in [-0.2, 0) is 0 Å². The van der Waals surface area contributed by atoms with Crippen molar-refractivity contribution in [1.29, 1.82) is 0 Å². The van der Waals surface area contributed by atoms with Gasteiger partial charge in [0.1, 0.15) is 0 Å². The maximum Gasteiger partial charge on any atom is 0.0811 e. The molecule has 2 N–H and O–H groups in total. The number of allylic oxidation sites excluding steroid dienone is 1. The highest BCUT2D eigenvalue weighted by Crippen LogP contribution is 2.37. The van der Waals surface area contributed by atoms with Gasteiger partial charge in [-0.2, -0.15) is 0 Å². The van der Waals surface area contributed by atoms with Crippen molar-refractivity contribution in [1.82, 2.24) is 4.90 Å². The summed E-state index contributed by atoms with van der Waals surface area (Å²) in [7, 11) is 0. The predicted octanol–water partition coefficient (Wildman–Crippen LogP) is 1.55. The molecule has 3 nitrogen and oxygen atoms in total. The first-order chi connectivity index (χ1) is 8.03. The fourth-order valence-corrected chi connectivity index (χ4v) is 3.41. The number of hydrogen-bond donors (Lipinski definition) is 2. The minimum absolute atomic E-state index is 0.244. The van der Waals surface area contributed by atoms with Crippen LogP contribution in [0, 0.1) is 5.92 Å². The molecule has 2 heterocycles. The Hall–Kier alpha value is -0.380. The zero-order valence-corrected chi connectivity index (χ0v) is 11.0. The number of aliphatic hydroxyl groups is 2. The van der Waals surface area contributed by atoms with Crippen LogP contribution in [0.1, 0.15) is 39.5 Å². The van der Waals surface area contributed by atoms with Crippen LogP contribution in [0.4, 0.5) is 0 Å². The second-order valence-corrected chi connectivity index (χ2v) is 5.98. The molecule has 0 aromatic rings. The molecule has 0 aromatic carbocycles. The summed E-state index contributed by atoms with van der Waals surface area (Å²) >= 11 is 0. The quantitative estimate of drug-likeness (QED) is 0.734. The molecule has 17 heavy (non-hydrogen) atoms. The van der Waals surface area contributed by atoms with Gasteiger partial charge in [-0.1, -0.05) is 18.6 Å². The Bertz CT molecular complexity index is 299.